The van der Waals surface area contributed by atoms with Crippen LogP contribution in [0.15, 0.2) is 79.3 Å². The van der Waals surface area contributed by atoms with Crippen molar-refractivity contribution in [3.63, 3.8) is 0 Å². The van der Waals surface area contributed by atoms with Crippen LogP contribution < -0.4 is 15.4 Å². The van der Waals surface area contributed by atoms with Crippen molar-refractivity contribution in [2.75, 3.05) is 23.7 Å². The third-order valence-electron chi connectivity index (χ3n) is 4.85. The summed E-state index contributed by atoms with van der Waals surface area (Å²) in [7, 11) is -3.96. The van der Waals surface area contributed by atoms with Gasteiger partial charge in [-0.3, -0.25) is 0 Å². The van der Waals surface area contributed by atoms with Crippen molar-refractivity contribution < 1.29 is 22.6 Å². The molecule has 0 atom stereocenters. The number of aromatic nitrogens is 2. The highest BCUT2D eigenvalue weighted by molar-refractivity contribution is 9.10. The predicted octanol–water partition coefficient (Wildman–Crippen LogP) is 3.74. The summed E-state index contributed by atoms with van der Waals surface area (Å²) in [6.07, 6.45) is 1.29. The number of amidine groups is 1. The molecule has 0 radical (unpaired) electrons. The highest BCUT2D eigenvalue weighted by atomic mass is 79.9. The van der Waals surface area contributed by atoms with Crippen LogP contribution in [0.25, 0.3) is 10.8 Å². The molecule has 1 heterocycles. The number of hydrogen-bond donors (Lipinski definition) is 4. The minimum atomic E-state index is -3.96. The van der Waals surface area contributed by atoms with Crippen LogP contribution >= 0.6 is 15.9 Å². The van der Waals surface area contributed by atoms with Crippen LogP contribution in [-0.2, 0) is 10.2 Å². The lowest BCUT2D eigenvalue weighted by Gasteiger charge is -2.08. The van der Waals surface area contributed by atoms with Gasteiger partial charge in [0.05, 0.1) is 4.47 Å². The highest BCUT2D eigenvalue weighted by Gasteiger charge is 2.18. The zero-order valence-electron chi connectivity index (χ0n) is 18.4. The van der Waals surface area contributed by atoms with E-state index < -0.39 is 16.0 Å². The lowest BCUT2D eigenvalue weighted by Crippen LogP contribution is -2.28. The normalized spacial score (nSPS) is 12.3. The number of rotatable bonds is 9. The smallest absolute Gasteiger partial charge is 0.319 e. The molecule has 0 unspecified atom stereocenters. The summed E-state index contributed by atoms with van der Waals surface area (Å²) in [6.45, 7) is 0.0521. The Morgan fingerprint density at radius 1 is 1.11 bits per heavy atom. The average Bonchev–Trinajstić information content (AvgIpc) is 3.34. The maximum atomic E-state index is 13.5. The van der Waals surface area contributed by atoms with E-state index in [0.717, 1.165) is 10.8 Å². The van der Waals surface area contributed by atoms with Gasteiger partial charge >= 0.3 is 10.2 Å². The maximum absolute atomic E-state index is 13.5. The topological polar surface area (TPSA) is 154 Å². The largest absolute Gasteiger partial charge is 0.409 e. The summed E-state index contributed by atoms with van der Waals surface area (Å²) in [6, 6.07) is 17.2. The molecule has 0 spiro atoms. The fraction of sp³-hybridized carbons (Fsp3) is 0.0909. The first-order valence-electron chi connectivity index (χ1n) is 10.4. The van der Waals surface area contributed by atoms with E-state index in [1.54, 1.807) is 6.07 Å². The molecule has 0 saturated carbocycles. The van der Waals surface area contributed by atoms with Gasteiger partial charge in [-0.15, -0.1) is 0 Å². The number of halogens is 2. The van der Waals surface area contributed by atoms with Gasteiger partial charge in [-0.25, -0.2) is 9.02 Å². The average molecular weight is 576 g/mol. The van der Waals surface area contributed by atoms with Crippen LogP contribution in [0.4, 0.5) is 15.9 Å². The highest BCUT2D eigenvalue weighted by Crippen LogP contribution is 2.21. The van der Waals surface area contributed by atoms with Gasteiger partial charge in [-0.2, -0.15) is 17.5 Å². The molecular formula is C22H19BrFN7O4S. The van der Waals surface area contributed by atoms with E-state index in [2.05, 4.69) is 51.2 Å². The Morgan fingerprint density at radius 2 is 1.92 bits per heavy atom. The molecule has 0 bridgehead atoms. The maximum Gasteiger partial charge on any atom is 0.319 e. The Balaban J connectivity index is 1.34. The molecule has 3 aromatic carbocycles. The molecule has 0 amide bonds. The molecule has 186 valence electrons. The monoisotopic (exact) mass is 575 g/mol. The Morgan fingerprint density at radius 3 is 2.72 bits per heavy atom. The first-order chi connectivity index (χ1) is 17.4. The van der Waals surface area contributed by atoms with Gasteiger partial charge in [0.25, 0.3) is 0 Å². The van der Waals surface area contributed by atoms with E-state index in [-0.39, 0.29) is 34.9 Å². The van der Waals surface area contributed by atoms with Crippen molar-refractivity contribution in [1.29, 1.82) is 0 Å². The third-order valence-corrected chi connectivity index (χ3v) is 6.41. The summed E-state index contributed by atoms with van der Waals surface area (Å²) in [5.41, 5.74) is 1.10. The predicted molar refractivity (Wildman–Crippen MR) is 137 cm³/mol. The number of oxime groups is 1. The Labute approximate surface area is 213 Å². The van der Waals surface area contributed by atoms with Gasteiger partial charge in [-0.05, 0) is 55.2 Å². The molecule has 0 fully saturated rings. The van der Waals surface area contributed by atoms with Crippen molar-refractivity contribution in [2.45, 2.75) is 0 Å². The molecule has 14 heteroatoms. The summed E-state index contributed by atoms with van der Waals surface area (Å²) < 4.78 is 49.0. The van der Waals surface area contributed by atoms with E-state index in [1.807, 2.05) is 36.4 Å². The van der Waals surface area contributed by atoms with Crippen LogP contribution in [0.1, 0.15) is 11.3 Å². The van der Waals surface area contributed by atoms with Crippen LogP contribution in [0.3, 0.4) is 0 Å². The van der Waals surface area contributed by atoms with Crippen molar-refractivity contribution in [2.24, 2.45) is 9.55 Å². The van der Waals surface area contributed by atoms with Crippen molar-refractivity contribution in [3.05, 3.63) is 82.2 Å². The van der Waals surface area contributed by atoms with E-state index >= 15 is 0 Å². The molecule has 4 N–H and O–H groups in total. The van der Waals surface area contributed by atoms with E-state index in [9.17, 15) is 18.0 Å². The second-order valence-electron chi connectivity index (χ2n) is 7.26. The van der Waals surface area contributed by atoms with Gasteiger partial charge in [0.2, 0.25) is 11.7 Å². The number of anilines is 2. The molecular weight excluding hydrogens is 557 g/mol. The first-order valence-corrected chi connectivity index (χ1v) is 12.6. The zero-order chi connectivity index (χ0) is 25.5. The summed E-state index contributed by atoms with van der Waals surface area (Å²) in [4.78, 5) is 0. The Hall–Kier alpha value is -3.88. The molecule has 4 aromatic rings. The summed E-state index contributed by atoms with van der Waals surface area (Å²) in [5.74, 6) is -0.495. The fourth-order valence-electron chi connectivity index (χ4n) is 3.19. The fourth-order valence-corrected chi connectivity index (χ4v) is 4.26. The Bertz CT molecular complexity index is 1540. The quantitative estimate of drug-likeness (QED) is 0.0773. The van der Waals surface area contributed by atoms with E-state index in [0.29, 0.717) is 11.3 Å². The van der Waals surface area contributed by atoms with E-state index in [4.69, 9.17) is 4.63 Å². The van der Waals surface area contributed by atoms with Crippen LogP contribution in [-0.4, -0.2) is 49.1 Å². The first kappa shape index (κ1) is 25.2. The van der Waals surface area contributed by atoms with Crippen LogP contribution in [0, 0.1) is 5.82 Å². The molecule has 0 aliphatic heterocycles. The van der Waals surface area contributed by atoms with Gasteiger partial charge in [0.15, 0.2) is 5.69 Å². The number of fused-ring (bicyclic) bond motifs is 1. The van der Waals surface area contributed by atoms with Crippen molar-refractivity contribution >= 4 is 60.5 Å². The zero-order valence-corrected chi connectivity index (χ0v) is 20.8. The van der Waals surface area contributed by atoms with Crippen molar-refractivity contribution in [3.8, 4) is 0 Å². The molecule has 36 heavy (non-hydrogen) atoms. The SMILES string of the molecule is O=S(=O)(/N=C/c1cccc2ccccc12)NCCNc1nonc1/C(=N/O)Nc1ccc(F)c(Br)c1. The minimum absolute atomic E-state index is 0.0229. The lowest BCUT2D eigenvalue weighted by molar-refractivity contribution is 0.305. The second-order valence-corrected chi connectivity index (χ2v) is 9.57. The molecule has 0 saturated heterocycles. The van der Waals surface area contributed by atoms with Gasteiger partial charge < -0.3 is 15.8 Å². The van der Waals surface area contributed by atoms with Crippen LogP contribution in [0.2, 0.25) is 0 Å². The molecule has 1 aromatic heterocycles. The number of hydrogen-bond acceptors (Lipinski definition) is 8. The van der Waals surface area contributed by atoms with Crippen molar-refractivity contribution in [1.82, 2.24) is 15.0 Å². The number of benzene rings is 3. The minimum Gasteiger partial charge on any atom is -0.409 e. The summed E-state index contributed by atoms with van der Waals surface area (Å²) >= 11 is 3.07. The third kappa shape index (κ3) is 6.21. The molecule has 4 rings (SSSR count). The van der Waals surface area contributed by atoms with Gasteiger partial charge in [-0.1, -0.05) is 47.6 Å². The lowest BCUT2D eigenvalue weighted by atomic mass is 10.1. The molecule has 0 aliphatic carbocycles. The van der Waals surface area contributed by atoms with Crippen LogP contribution in [0.5, 0.6) is 0 Å². The summed E-state index contributed by atoms with van der Waals surface area (Å²) in [5, 5.41) is 27.4. The second kappa shape index (κ2) is 11.2. The molecule has 11 nitrogen and oxygen atoms in total. The molecule has 0 aliphatic rings. The van der Waals surface area contributed by atoms with Gasteiger partial charge in [0, 0.05) is 30.6 Å². The van der Waals surface area contributed by atoms with E-state index in [1.165, 1.54) is 24.4 Å². The number of nitrogens with zero attached hydrogens (tertiary/aromatic N) is 4. The van der Waals surface area contributed by atoms with Gasteiger partial charge in [0.1, 0.15) is 5.82 Å². The Kier molecular flexibility index (Phi) is 7.87. The standard InChI is InChI=1S/C22H19BrFN7O4S/c23-18-12-16(8-9-19(18)24)28-22(29-32)20-21(31-35-30-20)25-10-11-26-36(33,34)27-13-15-6-3-5-14-4-1-2-7-17(14)15/h1-9,12-13,26,32H,10-11H2,(H,25,31)(H,28,29)/b27-13+. The number of nitrogens with one attached hydrogen (secondary N) is 3.